The first-order valence-electron chi connectivity index (χ1n) is 5.92. The number of nitrogens with zero attached hydrogens (tertiary/aromatic N) is 1. The Bertz CT molecular complexity index is 350. The van der Waals surface area contributed by atoms with Gasteiger partial charge in [0, 0.05) is 19.2 Å². The molecule has 0 atom stereocenters. The zero-order valence-electron chi connectivity index (χ0n) is 11.5. The molecule has 0 radical (unpaired) electrons. The van der Waals surface area contributed by atoms with Crippen molar-refractivity contribution in [3.05, 3.63) is 29.3 Å². The molecule has 0 aromatic heterocycles. The van der Waals surface area contributed by atoms with Gasteiger partial charge in [-0.1, -0.05) is 26.0 Å². The van der Waals surface area contributed by atoms with Crippen molar-refractivity contribution < 1.29 is 9.47 Å². The fourth-order valence-electron chi connectivity index (χ4n) is 1.84. The van der Waals surface area contributed by atoms with Crippen LogP contribution in [0.2, 0.25) is 0 Å². The van der Waals surface area contributed by atoms with Crippen LogP contribution in [0.25, 0.3) is 0 Å². The summed E-state index contributed by atoms with van der Waals surface area (Å²) >= 11 is 0. The summed E-state index contributed by atoms with van der Waals surface area (Å²) in [5.74, 6) is 1.48. The largest absolute Gasteiger partial charge is 0.496 e. The average molecular weight is 237 g/mol. The second-order valence-corrected chi connectivity index (χ2v) is 4.66. The predicted octanol–water partition coefficient (Wildman–Crippen LogP) is 2.85. The molecule has 1 aromatic rings. The quantitative estimate of drug-likeness (QED) is 0.710. The van der Waals surface area contributed by atoms with Crippen LogP contribution in [0, 0.1) is 0 Å². The Hall–Kier alpha value is -1.06. The lowest BCUT2D eigenvalue weighted by molar-refractivity contribution is 0.0766. The molecule has 0 saturated heterocycles. The van der Waals surface area contributed by atoms with E-state index >= 15 is 0 Å². The van der Waals surface area contributed by atoms with Crippen molar-refractivity contribution in [2.45, 2.75) is 26.3 Å². The van der Waals surface area contributed by atoms with Crippen LogP contribution in [0.3, 0.4) is 0 Å². The number of ether oxygens (including phenoxy) is 2. The fraction of sp³-hybridized carbons (Fsp3) is 0.571. The molecule has 0 saturated carbocycles. The van der Waals surface area contributed by atoms with Crippen LogP contribution in [0.15, 0.2) is 18.2 Å². The molecule has 0 amide bonds. The van der Waals surface area contributed by atoms with Gasteiger partial charge in [-0.25, -0.2) is 0 Å². The van der Waals surface area contributed by atoms with Crippen LogP contribution in [0.5, 0.6) is 5.75 Å². The monoisotopic (exact) mass is 237 g/mol. The van der Waals surface area contributed by atoms with Crippen LogP contribution in [-0.2, 0) is 11.3 Å². The van der Waals surface area contributed by atoms with E-state index in [1.807, 2.05) is 13.1 Å². The van der Waals surface area contributed by atoms with Gasteiger partial charge in [-0.3, -0.25) is 4.90 Å². The molecule has 0 fully saturated rings. The molecule has 0 aliphatic heterocycles. The van der Waals surface area contributed by atoms with Crippen molar-refractivity contribution in [1.29, 1.82) is 0 Å². The van der Waals surface area contributed by atoms with Crippen molar-refractivity contribution in [3.63, 3.8) is 0 Å². The number of hydrogen-bond acceptors (Lipinski definition) is 3. The van der Waals surface area contributed by atoms with Gasteiger partial charge in [0.25, 0.3) is 0 Å². The number of rotatable bonds is 6. The highest BCUT2D eigenvalue weighted by Crippen LogP contribution is 2.25. The maximum Gasteiger partial charge on any atom is 0.123 e. The molecule has 0 aliphatic rings. The van der Waals surface area contributed by atoms with E-state index in [-0.39, 0.29) is 0 Å². The highest BCUT2D eigenvalue weighted by atomic mass is 16.5. The van der Waals surface area contributed by atoms with Crippen molar-refractivity contribution >= 4 is 0 Å². The zero-order valence-corrected chi connectivity index (χ0v) is 11.5. The standard InChI is InChI=1S/C14H23NO2/c1-11(2)12-6-7-14(17-5)13(8-12)9-15(3)10-16-4/h6-8,11H,9-10H2,1-5H3. The summed E-state index contributed by atoms with van der Waals surface area (Å²) in [5.41, 5.74) is 2.55. The highest BCUT2D eigenvalue weighted by molar-refractivity contribution is 5.38. The van der Waals surface area contributed by atoms with Crippen LogP contribution >= 0.6 is 0 Å². The van der Waals surface area contributed by atoms with Crippen molar-refractivity contribution in [2.24, 2.45) is 0 Å². The summed E-state index contributed by atoms with van der Waals surface area (Å²) in [7, 11) is 5.45. The first-order chi connectivity index (χ1) is 8.08. The highest BCUT2D eigenvalue weighted by Gasteiger charge is 2.09. The Kier molecular flexibility index (Phi) is 5.45. The minimum Gasteiger partial charge on any atom is -0.496 e. The Morgan fingerprint density at radius 3 is 2.47 bits per heavy atom. The Labute approximate surface area is 104 Å². The van der Waals surface area contributed by atoms with E-state index < -0.39 is 0 Å². The van der Waals surface area contributed by atoms with E-state index in [0.717, 1.165) is 12.3 Å². The van der Waals surface area contributed by atoms with Gasteiger partial charge in [0.1, 0.15) is 5.75 Å². The van der Waals surface area contributed by atoms with Gasteiger partial charge in [-0.2, -0.15) is 0 Å². The summed E-state index contributed by atoms with van der Waals surface area (Å²) in [5, 5.41) is 0. The molecule has 1 rings (SSSR count). The van der Waals surface area contributed by atoms with Crippen LogP contribution in [0.4, 0.5) is 0 Å². The summed E-state index contributed by atoms with van der Waals surface area (Å²) in [6.45, 7) is 5.85. The first kappa shape index (κ1) is 14.0. The maximum absolute atomic E-state index is 5.39. The molecule has 0 bridgehead atoms. The number of methoxy groups -OCH3 is 2. The molecule has 1 aromatic carbocycles. The normalized spacial score (nSPS) is 11.2. The molecule has 3 nitrogen and oxygen atoms in total. The third-order valence-electron chi connectivity index (χ3n) is 2.76. The van der Waals surface area contributed by atoms with E-state index in [1.165, 1.54) is 11.1 Å². The Balaban J connectivity index is 2.89. The summed E-state index contributed by atoms with van der Waals surface area (Å²) in [4.78, 5) is 2.11. The lowest BCUT2D eigenvalue weighted by Gasteiger charge is -2.18. The molecule has 96 valence electrons. The zero-order chi connectivity index (χ0) is 12.8. The minimum atomic E-state index is 0.535. The van der Waals surface area contributed by atoms with Gasteiger partial charge in [0.2, 0.25) is 0 Å². The summed E-state index contributed by atoms with van der Waals surface area (Å²) < 4.78 is 10.5. The smallest absolute Gasteiger partial charge is 0.123 e. The average Bonchev–Trinajstić information content (AvgIpc) is 2.29. The van der Waals surface area contributed by atoms with Gasteiger partial charge in [-0.05, 0) is 24.6 Å². The molecular weight excluding hydrogens is 214 g/mol. The fourth-order valence-corrected chi connectivity index (χ4v) is 1.84. The van der Waals surface area contributed by atoms with Crippen molar-refractivity contribution in [1.82, 2.24) is 4.90 Å². The SMILES string of the molecule is COCN(C)Cc1cc(C(C)C)ccc1OC. The van der Waals surface area contributed by atoms with E-state index in [1.54, 1.807) is 14.2 Å². The maximum atomic E-state index is 5.39. The van der Waals surface area contributed by atoms with Gasteiger partial charge in [-0.15, -0.1) is 0 Å². The Morgan fingerprint density at radius 1 is 1.24 bits per heavy atom. The third kappa shape index (κ3) is 4.02. The first-order valence-corrected chi connectivity index (χ1v) is 5.92. The third-order valence-corrected chi connectivity index (χ3v) is 2.76. The number of hydrogen-bond donors (Lipinski definition) is 0. The molecular formula is C14H23NO2. The van der Waals surface area contributed by atoms with E-state index in [4.69, 9.17) is 9.47 Å². The second kappa shape index (κ2) is 6.62. The number of benzene rings is 1. The van der Waals surface area contributed by atoms with Gasteiger partial charge >= 0.3 is 0 Å². The van der Waals surface area contributed by atoms with E-state index in [9.17, 15) is 0 Å². The second-order valence-electron chi connectivity index (χ2n) is 4.66. The van der Waals surface area contributed by atoms with Crippen molar-refractivity contribution in [2.75, 3.05) is 28.0 Å². The molecule has 17 heavy (non-hydrogen) atoms. The van der Waals surface area contributed by atoms with Gasteiger partial charge < -0.3 is 9.47 Å². The Morgan fingerprint density at radius 2 is 1.94 bits per heavy atom. The molecule has 0 N–H and O–H groups in total. The molecule has 0 aliphatic carbocycles. The lowest BCUT2D eigenvalue weighted by Crippen LogP contribution is -2.20. The van der Waals surface area contributed by atoms with Gasteiger partial charge in [0.15, 0.2) is 0 Å². The van der Waals surface area contributed by atoms with Gasteiger partial charge in [0.05, 0.1) is 13.8 Å². The topological polar surface area (TPSA) is 21.7 Å². The minimum absolute atomic E-state index is 0.535. The summed E-state index contributed by atoms with van der Waals surface area (Å²) in [6, 6.07) is 6.39. The van der Waals surface area contributed by atoms with Crippen LogP contribution in [0.1, 0.15) is 30.9 Å². The predicted molar refractivity (Wildman–Crippen MR) is 70.4 cm³/mol. The summed E-state index contributed by atoms with van der Waals surface area (Å²) in [6.07, 6.45) is 0. The van der Waals surface area contributed by atoms with E-state index in [2.05, 4.69) is 30.9 Å². The molecule has 3 heteroatoms. The van der Waals surface area contributed by atoms with E-state index in [0.29, 0.717) is 12.6 Å². The van der Waals surface area contributed by atoms with Crippen molar-refractivity contribution in [3.8, 4) is 5.75 Å². The van der Waals surface area contributed by atoms with Crippen LogP contribution in [-0.4, -0.2) is 32.9 Å². The lowest BCUT2D eigenvalue weighted by atomic mass is 10.00. The van der Waals surface area contributed by atoms with Crippen LogP contribution < -0.4 is 4.74 Å². The molecule has 0 spiro atoms. The molecule has 0 unspecified atom stereocenters. The molecule has 0 heterocycles.